The number of nitrogen functional groups attached to an aromatic ring is 1. The molecule has 0 saturated carbocycles. The fourth-order valence-corrected chi connectivity index (χ4v) is 2.21. The van der Waals surface area contributed by atoms with Crippen LogP contribution in [0.5, 0.6) is 0 Å². The van der Waals surface area contributed by atoms with Gasteiger partial charge in [0.1, 0.15) is 0 Å². The summed E-state index contributed by atoms with van der Waals surface area (Å²) in [5.41, 5.74) is 5.66. The maximum absolute atomic E-state index is 11.8. The van der Waals surface area contributed by atoms with Crippen molar-refractivity contribution in [1.29, 1.82) is 0 Å². The maximum Gasteiger partial charge on any atom is 0.302 e. The number of hydrogen-bond donors (Lipinski definition) is 2. The van der Waals surface area contributed by atoms with Gasteiger partial charge in [-0.05, 0) is 6.42 Å². The summed E-state index contributed by atoms with van der Waals surface area (Å²) in [5, 5.41) is 0. The highest BCUT2D eigenvalue weighted by atomic mass is 35.5. The molecule has 10 nitrogen and oxygen atoms in total. The van der Waals surface area contributed by atoms with Gasteiger partial charge in [0.05, 0.1) is 19.5 Å². The van der Waals surface area contributed by atoms with Gasteiger partial charge in [-0.2, -0.15) is 4.98 Å². The van der Waals surface area contributed by atoms with E-state index in [4.69, 9.17) is 15.2 Å². The Morgan fingerprint density at radius 3 is 2.64 bits per heavy atom. The summed E-state index contributed by atoms with van der Waals surface area (Å²) in [7, 11) is 0. The topological polar surface area (TPSA) is 142 Å². The van der Waals surface area contributed by atoms with Crippen molar-refractivity contribution in [2.24, 2.45) is 5.92 Å². The lowest BCUT2D eigenvalue weighted by molar-refractivity contribution is -0.145. The fraction of sp³-hybridized carbons (Fsp3) is 0.500. The molecular weight excluding hydrogens is 354 g/mol. The Morgan fingerprint density at radius 2 is 2.00 bits per heavy atom. The number of imidazole rings is 1. The Balaban J connectivity index is 0.00000312. The van der Waals surface area contributed by atoms with Crippen LogP contribution in [0.1, 0.15) is 20.3 Å². The summed E-state index contributed by atoms with van der Waals surface area (Å²) in [6.45, 7) is 3.36. The molecule has 1 unspecified atom stereocenters. The molecule has 0 amide bonds. The van der Waals surface area contributed by atoms with E-state index in [1.54, 1.807) is 4.57 Å². The monoisotopic (exact) mass is 373 g/mol. The molecule has 2 aromatic rings. The number of rotatable bonds is 7. The summed E-state index contributed by atoms with van der Waals surface area (Å²) in [5.74, 6) is -0.934. The first-order valence-electron chi connectivity index (χ1n) is 7.34. The molecule has 2 heterocycles. The van der Waals surface area contributed by atoms with Crippen LogP contribution in [0.3, 0.4) is 0 Å². The van der Waals surface area contributed by atoms with Crippen molar-refractivity contribution in [2.45, 2.75) is 26.8 Å². The van der Waals surface area contributed by atoms with Crippen LogP contribution in [0.15, 0.2) is 11.1 Å². The second-order valence-electron chi connectivity index (χ2n) is 5.32. The Morgan fingerprint density at radius 1 is 1.32 bits per heavy atom. The van der Waals surface area contributed by atoms with Crippen LogP contribution in [0.2, 0.25) is 0 Å². The lowest BCUT2D eigenvalue weighted by Crippen LogP contribution is -2.21. The van der Waals surface area contributed by atoms with Crippen LogP contribution in [-0.2, 0) is 25.6 Å². The van der Waals surface area contributed by atoms with Crippen LogP contribution < -0.4 is 11.3 Å². The molecule has 0 bridgehead atoms. The Bertz CT molecular complexity index is 802. The normalized spacial score (nSPS) is 11.6. The molecule has 138 valence electrons. The summed E-state index contributed by atoms with van der Waals surface area (Å²) < 4.78 is 11.6. The molecule has 2 aromatic heterocycles. The highest BCUT2D eigenvalue weighted by Crippen LogP contribution is 2.13. The molecule has 0 saturated heterocycles. The number of carbonyl (C=O) groups is 2. The largest absolute Gasteiger partial charge is 0.466 e. The SMILES string of the molecule is CC(=O)OCCC(COC(C)=O)Cn1cnc2c(=O)[nH]c(N)nc21.Cl. The van der Waals surface area contributed by atoms with Crippen LogP contribution >= 0.6 is 12.4 Å². The Hall–Kier alpha value is -2.62. The van der Waals surface area contributed by atoms with E-state index in [-0.39, 0.29) is 49.0 Å². The van der Waals surface area contributed by atoms with Gasteiger partial charge in [-0.25, -0.2) is 4.98 Å². The quantitative estimate of drug-likeness (QED) is 0.658. The van der Waals surface area contributed by atoms with E-state index < -0.39 is 11.5 Å². The second kappa shape index (κ2) is 9.02. The van der Waals surface area contributed by atoms with Crippen molar-refractivity contribution in [1.82, 2.24) is 19.5 Å². The summed E-state index contributed by atoms with van der Waals surface area (Å²) in [6.07, 6.45) is 1.95. The number of fused-ring (bicyclic) bond motifs is 1. The van der Waals surface area contributed by atoms with Crippen molar-refractivity contribution in [3.8, 4) is 0 Å². The van der Waals surface area contributed by atoms with Crippen molar-refractivity contribution in [3.63, 3.8) is 0 Å². The second-order valence-corrected chi connectivity index (χ2v) is 5.32. The number of aromatic nitrogens is 4. The molecular formula is C14H20ClN5O5. The van der Waals surface area contributed by atoms with Gasteiger partial charge in [-0.1, -0.05) is 0 Å². The standard InChI is InChI=1S/C14H19N5O5.ClH/c1-8(20)23-4-3-10(6-24-9(2)21)5-19-7-16-11-12(19)17-14(15)18-13(11)22;/h7,10H,3-6H2,1-2H3,(H3,15,17,18,22);1H. The minimum Gasteiger partial charge on any atom is -0.466 e. The van der Waals surface area contributed by atoms with E-state index in [0.717, 1.165) is 0 Å². The first-order chi connectivity index (χ1) is 11.4. The number of aromatic amines is 1. The zero-order chi connectivity index (χ0) is 17.7. The Kier molecular flexibility index (Phi) is 7.37. The van der Waals surface area contributed by atoms with Gasteiger partial charge in [0.15, 0.2) is 11.2 Å². The summed E-state index contributed by atoms with van der Waals surface area (Å²) in [6, 6.07) is 0. The molecule has 0 aliphatic rings. The number of esters is 2. The van der Waals surface area contributed by atoms with Crippen LogP contribution in [0.25, 0.3) is 11.2 Å². The zero-order valence-electron chi connectivity index (χ0n) is 13.9. The lowest BCUT2D eigenvalue weighted by atomic mass is 10.1. The van der Waals surface area contributed by atoms with Gasteiger partial charge in [0.2, 0.25) is 5.95 Å². The number of hydrogen-bond acceptors (Lipinski definition) is 8. The van der Waals surface area contributed by atoms with Gasteiger partial charge in [0.25, 0.3) is 5.56 Å². The number of nitrogens with one attached hydrogen (secondary N) is 1. The van der Waals surface area contributed by atoms with Crippen LogP contribution in [0.4, 0.5) is 5.95 Å². The number of anilines is 1. The molecule has 1 atom stereocenters. The number of halogens is 1. The van der Waals surface area contributed by atoms with E-state index >= 15 is 0 Å². The predicted molar refractivity (Wildman–Crippen MR) is 91.2 cm³/mol. The Labute approximate surface area is 149 Å². The third kappa shape index (κ3) is 5.75. The first kappa shape index (κ1) is 20.4. The van der Waals surface area contributed by atoms with E-state index in [1.165, 1.54) is 20.2 Å². The molecule has 0 aromatic carbocycles. The van der Waals surface area contributed by atoms with Crippen molar-refractivity contribution in [2.75, 3.05) is 18.9 Å². The third-order valence-corrected chi connectivity index (χ3v) is 3.30. The van der Waals surface area contributed by atoms with E-state index in [9.17, 15) is 14.4 Å². The van der Waals surface area contributed by atoms with E-state index in [2.05, 4.69) is 15.0 Å². The fourth-order valence-electron chi connectivity index (χ4n) is 2.21. The molecule has 0 aliphatic heterocycles. The minimum absolute atomic E-state index is 0. The minimum atomic E-state index is -0.423. The van der Waals surface area contributed by atoms with Crippen molar-refractivity contribution in [3.05, 3.63) is 16.7 Å². The highest BCUT2D eigenvalue weighted by Gasteiger charge is 2.16. The molecule has 25 heavy (non-hydrogen) atoms. The number of nitrogens with zero attached hydrogens (tertiary/aromatic N) is 3. The molecule has 11 heteroatoms. The van der Waals surface area contributed by atoms with Gasteiger partial charge >= 0.3 is 11.9 Å². The predicted octanol–water partition coefficient (Wildman–Crippen LogP) is 0.256. The van der Waals surface area contributed by atoms with Crippen molar-refractivity contribution >= 4 is 41.5 Å². The van der Waals surface area contributed by atoms with Gasteiger partial charge in [-0.3, -0.25) is 19.4 Å². The molecule has 0 radical (unpaired) electrons. The summed E-state index contributed by atoms with van der Waals surface area (Å²) >= 11 is 0. The number of nitrogens with two attached hydrogens (primary N) is 1. The smallest absolute Gasteiger partial charge is 0.302 e. The van der Waals surface area contributed by atoms with Gasteiger partial charge < -0.3 is 19.8 Å². The highest BCUT2D eigenvalue weighted by molar-refractivity contribution is 5.85. The average Bonchev–Trinajstić information content (AvgIpc) is 2.87. The molecule has 0 spiro atoms. The van der Waals surface area contributed by atoms with Crippen molar-refractivity contribution < 1.29 is 19.1 Å². The summed E-state index contributed by atoms with van der Waals surface area (Å²) in [4.78, 5) is 44.2. The molecule has 2 rings (SSSR count). The third-order valence-electron chi connectivity index (χ3n) is 3.30. The maximum atomic E-state index is 11.8. The lowest BCUT2D eigenvalue weighted by Gasteiger charge is -2.17. The van der Waals surface area contributed by atoms with Crippen LogP contribution in [0, 0.1) is 5.92 Å². The van der Waals surface area contributed by atoms with Crippen LogP contribution in [-0.4, -0.2) is 44.7 Å². The molecule has 0 fully saturated rings. The number of carbonyl (C=O) groups excluding carboxylic acids is 2. The number of ether oxygens (including phenoxy) is 2. The molecule has 3 N–H and O–H groups in total. The average molecular weight is 374 g/mol. The van der Waals surface area contributed by atoms with Gasteiger partial charge in [-0.15, -0.1) is 12.4 Å². The zero-order valence-corrected chi connectivity index (χ0v) is 14.7. The first-order valence-corrected chi connectivity index (χ1v) is 7.34. The molecule has 0 aliphatic carbocycles. The van der Waals surface area contributed by atoms with Gasteiger partial charge in [0, 0.05) is 26.3 Å². The van der Waals surface area contributed by atoms with E-state index in [1.807, 2.05) is 0 Å². The van der Waals surface area contributed by atoms with E-state index in [0.29, 0.717) is 18.6 Å². The number of H-pyrrole nitrogens is 1.